The van der Waals surface area contributed by atoms with E-state index in [-0.39, 0.29) is 24.8 Å². The van der Waals surface area contributed by atoms with Gasteiger partial charge in [-0.1, -0.05) is 12.1 Å². The second-order valence-corrected chi connectivity index (χ2v) is 7.21. The Morgan fingerprint density at radius 2 is 1.96 bits per heavy atom. The minimum Gasteiger partial charge on any atom is -0.479 e. The second-order valence-electron chi connectivity index (χ2n) is 7.21. The molecule has 2 heterocycles. The van der Waals surface area contributed by atoms with Crippen LogP contribution in [0.1, 0.15) is 37.0 Å². The number of rotatable bonds is 5. The second kappa shape index (κ2) is 6.34. The van der Waals surface area contributed by atoms with Gasteiger partial charge in [0.05, 0.1) is 17.8 Å². The van der Waals surface area contributed by atoms with Gasteiger partial charge in [0.1, 0.15) is 12.2 Å². The summed E-state index contributed by atoms with van der Waals surface area (Å²) in [4.78, 5) is 51.6. The number of hydrogen-bond acceptors (Lipinski definition) is 5. The van der Waals surface area contributed by atoms with Gasteiger partial charge in [0, 0.05) is 6.42 Å². The third-order valence-electron chi connectivity index (χ3n) is 5.14. The number of carboxylic acids is 1. The third-order valence-corrected chi connectivity index (χ3v) is 5.14. The number of aliphatic hydroxyl groups is 1. The first-order valence-electron chi connectivity index (χ1n) is 8.54. The van der Waals surface area contributed by atoms with Gasteiger partial charge in [-0.05, 0) is 32.4 Å². The standard InChI is InChI=1S/C18H21N3O6/c1-17(27,16(25)26)10-19-13(22)9-20-15(24)11-5-3-4-6-12(11)21-14(23)7-8-18(20,21)2/h3-6,27H,7-10H2,1-2H3,(H,19,22)(H,25,26). The summed E-state index contributed by atoms with van der Waals surface area (Å²) in [7, 11) is 0. The lowest BCUT2D eigenvalue weighted by Gasteiger charge is -2.48. The Bertz CT molecular complexity index is 836. The average Bonchev–Trinajstić information content (AvgIpc) is 2.92. The van der Waals surface area contributed by atoms with Crippen LogP contribution in [-0.2, 0) is 14.4 Å². The predicted molar refractivity (Wildman–Crippen MR) is 93.9 cm³/mol. The molecule has 3 amide bonds. The van der Waals surface area contributed by atoms with Crippen molar-refractivity contribution in [3.8, 4) is 0 Å². The highest BCUT2D eigenvalue weighted by molar-refractivity contribution is 6.11. The van der Waals surface area contributed by atoms with Gasteiger partial charge >= 0.3 is 5.97 Å². The maximum absolute atomic E-state index is 13.0. The zero-order valence-electron chi connectivity index (χ0n) is 15.1. The molecule has 9 nitrogen and oxygen atoms in total. The van der Waals surface area contributed by atoms with Crippen molar-refractivity contribution in [2.75, 3.05) is 18.0 Å². The van der Waals surface area contributed by atoms with Crippen LogP contribution in [-0.4, -0.2) is 63.2 Å². The summed E-state index contributed by atoms with van der Waals surface area (Å²) in [5.41, 5.74) is -2.24. The normalized spacial score (nSPS) is 23.5. The van der Waals surface area contributed by atoms with Crippen molar-refractivity contribution in [3.05, 3.63) is 29.8 Å². The number of aliphatic carboxylic acids is 1. The number of amides is 3. The average molecular weight is 375 g/mol. The lowest BCUT2D eigenvalue weighted by Crippen LogP contribution is -2.64. The van der Waals surface area contributed by atoms with Crippen molar-refractivity contribution in [2.24, 2.45) is 0 Å². The van der Waals surface area contributed by atoms with E-state index < -0.39 is 29.7 Å². The third kappa shape index (κ3) is 3.03. The summed E-state index contributed by atoms with van der Waals surface area (Å²) >= 11 is 0. The molecule has 0 radical (unpaired) electrons. The van der Waals surface area contributed by atoms with Crippen LogP contribution in [0.3, 0.4) is 0 Å². The molecule has 1 aromatic carbocycles. The fourth-order valence-electron chi connectivity index (χ4n) is 3.49. The van der Waals surface area contributed by atoms with Crippen LogP contribution in [0.2, 0.25) is 0 Å². The van der Waals surface area contributed by atoms with Crippen LogP contribution < -0.4 is 10.2 Å². The van der Waals surface area contributed by atoms with Crippen LogP contribution in [0.15, 0.2) is 24.3 Å². The highest BCUT2D eigenvalue weighted by atomic mass is 16.4. The number of hydrogen-bond donors (Lipinski definition) is 3. The van der Waals surface area contributed by atoms with Crippen molar-refractivity contribution in [2.45, 2.75) is 38.0 Å². The first kappa shape index (κ1) is 18.8. The number of carboxylic acid groups (broad SMARTS) is 1. The summed E-state index contributed by atoms with van der Waals surface area (Å²) in [6, 6.07) is 6.73. The molecule has 2 aliphatic heterocycles. The van der Waals surface area contributed by atoms with Crippen molar-refractivity contribution in [1.82, 2.24) is 10.2 Å². The molecular weight excluding hydrogens is 354 g/mol. The van der Waals surface area contributed by atoms with Crippen molar-refractivity contribution in [1.29, 1.82) is 0 Å². The van der Waals surface area contributed by atoms with Crippen molar-refractivity contribution in [3.63, 3.8) is 0 Å². The highest BCUT2D eigenvalue weighted by Crippen LogP contribution is 2.43. The molecule has 2 atom stereocenters. The minimum atomic E-state index is -2.12. The molecule has 0 aliphatic carbocycles. The van der Waals surface area contributed by atoms with Gasteiger partial charge in [-0.25, -0.2) is 4.79 Å². The van der Waals surface area contributed by atoms with Crippen molar-refractivity contribution < 1.29 is 29.4 Å². The molecule has 3 N–H and O–H groups in total. The molecule has 144 valence electrons. The molecule has 1 fully saturated rings. The summed E-state index contributed by atoms with van der Waals surface area (Å²) in [6.45, 7) is 1.94. The Hall–Kier alpha value is -2.94. The number of anilines is 1. The van der Waals surface area contributed by atoms with E-state index in [2.05, 4.69) is 5.32 Å². The molecule has 2 aliphatic rings. The molecule has 9 heteroatoms. The molecule has 3 rings (SSSR count). The zero-order chi connectivity index (χ0) is 20.0. The molecule has 0 aromatic heterocycles. The van der Waals surface area contributed by atoms with E-state index in [9.17, 15) is 24.3 Å². The van der Waals surface area contributed by atoms with Crippen LogP contribution in [0.4, 0.5) is 5.69 Å². The summed E-state index contributed by atoms with van der Waals surface area (Å²) in [6.07, 6.45) is 0.635. The number of carbonyl (C=O) groups excluding carboxylic acids is 3. The van der Waals surface area contributed by atoms with Crippen LogP contribution in [0.5, 0.6) is 0 Å². The number of para-hydroxylation sites is 1. The van der Waals surface area contributed by atoms with Gasteiger partial charge < -0.3 is 20.4 Å². The van der Waals surface area contributed by atoms with Gasteiger partial charge in [0.25, 0.3) is 5.91 Å². The Balaban J connectivity index is 1.85. The molecule has 0 saturated carbocycles. The van der Waals surface area contributed by atoms with Gasteiger partial charge in [0.2, 0.25) is 11.8 Å². The largest absolute Gasteiger partial charge is 0.479 e. The Morgan fingerprint density at radius 3 is 2.63 bits per heavy atom. The molecule has 0 bridgehead atoms. The van der Waals surface area contributed by atoms with Crippen LogP contribution in [0.25, 0.3) is 0 Å². The maximum Gasteiger partial charge on any atom is 0.337 e. The summed E-state index contributed by atoms with van der Waals surface area (Å²) in [5, 5.41) is 21.0. The van der Waals surface area contributed by atoms with Crippen LogP contribution >= 0.6 is 0 Å². The number of carbonyl (C=O) groups is 4. The zero-order valence-corrected chi connectivity index (χ0v) is 15.1. The summed E-state index contributed by atoms with van der Waals surface area (Å²) < 4.78 is 0. The van der Waals surface area contributed by atoms with E-state index in [0.29, 0.717) is 17.7 Å². The maximum atomic E-state index is 13.0. The van der Waals surface area contributed by atoms with Crippen LogP contribution in [0, 0.1) is 0 Å². The monoisotopic (exact) mass is 375 g/mol. The molecular formula is C18H21N3O6. The predicted octanol–water partition coefficient (Wildman–Crippen LogP) is -0.0628. The van der Waals surface area contributed by atoms with E-state index in [1.165, 1.54) is 4.90 Å². The van der Waals surface area contributed by atoms with E-state index in [1.54, 1.807) is 36.1 Å². The SMILES string of the molecule is CC(O)(CNC(=O)CN1C(=O)c2ccccc2N2C(=O)CCC12C)C(=O)O. The number of nitrogens with zero attached hydrogens (tertiary/aromatic N) is 2. The Labute approximate surface area is 155 Å². The van der Waals surface area contributed by atoms with Gasteiger partial charge in [0.15, 0.2) is 5.60 Å². The smallest absolute Gasteiger partial charge is 0.337 e. The van der Waals surface area contributed by atoms with E-state index in [1.807, 2.05) is 0 Å². The molecule has 1 aromatic rings. The molecule has 2 unspecified atom stereocenters. The first-order valence-corrected chi connectivity index (χ1v) is 8.54. The van der Waals surface area contributed by atoms with Crippen molar-refractivity contribution >= 4 is 29.4 Å². The number of benzene rings is 1. The van der Waals surface area contributed by atoms with Gasteiger partial charge in [-0.2, -0.15) is 0 Å². The first-order chi connectivity index (χ1) is 12.6. The topological polar surface area (TPSA) is 127 Å². The quantitative estimate of drug-likeness (QED) is 0.661. The van der Waals surface area contributed by atoms with E-state index in [0.717, 1.165) is 6.92 Å². The number of nitrogens with one attached hydrogen (secondary N) is 1. The Kier molecular flexibility index (Phi) is 4.43. The number of fused-ring (bicyclic) bond motifs is 3. The van der Waals surface area contributed by atoms with Gasteiger partial charge in [-0.3, -0.25) is 19.3 Å². The fraction of sp³-hybridized carbons (Fsp3) is 0.444. The van der Waals surface area contributed by atoms with E-state index in [4.69, 9.17) is 5.11 Å². The lowest BCUT2D eigenvalue weighted by atomic mass is 9.98. The summed E-state index contributed by atoms with van der Waals surface area (Å²) in [5.74, 6) is -2.59. The van der Waals surface area contributed by atoms with Gasteiger partial charge in [-0.15, -0.1) is 0 Å². The van der Waals surface area contributed by atoms with E-state index >= 15 is 0 Å². The lowest BCUT2D eigenvalue weighted by molar-refractivity contribution is -0.156. The molecule has 1 saturated heterocycles. The molecule has 0 spiro atoms. The minimum absolute atomic E-state index is 0.128. The molecule has 27 heavy (non-hydrogen) atoms. The highest BCUT2D eigenvalue weighted by Gasteiger charge is 2.53. The Morgan fingerprint density at radius 1 is 1.30 bits per heavy atom. The fourth-order valence-corrected chi connectivity index (χ4v) is 3.49.